The lowest BCUT2D eigenvalue weighted by Gasteiger charge is -2.07. The predicted octanol–water partition coefficient (Wildman–Crippen LogP) is 2.36. The minimum Gasteiger partial charge on any atom is -0.508 e. The van der Waals surface area contributed by atoms with Crippen molar-refractivity contribution in [3.8, 4) is 11.5 Å². The largest absolute Gasteiger partial charge is 0.508 e. The highest BCUT2D eigenvalue weighted by molar-refractivity contribution is 7.91. The molecular weight excluding hydrogens is 264 g/mol. The first kappa shape index (κ1) is 13.7. The van der Waals surface area contributed by atoms with Crippen LogP contribution in [0.25, 0.3) is 10.8 Å². The van der Waals surface area contributed by atoms with Gasteiger partial charge in [-0.2, -0.15) is 0 Å². The number of phenolic OH excluding ortho intramolecular Hbond substituents is 1. The van der Waals surface area contributed by atoms with Crippen LogP contribution in [0.3, 0.4) is 0 Å². The summed E-state index contributed by atoms with van der Waals surface area (Å²) in [6.45, 7) is 1.76. The summed E-state index contributed by atoms with van der Waals surface area (Å²) in [5.41, 5.74) is 0. The topological polar surface area (TPSA) is 63.6 Å². The molecule has 0 aromatic heterocycles. The molecule has 0 saturated heterocycles. The Labute approximate surface area is 112 Å². The average molecular weight is 280 g/mol. The van der Waals surface area contributed by atoms with E-state index in [0.717, 1.165) is 10.8 Å². The molecule has 4 nitrogen and oxygen atoms in total. The molecule has 0 saturated carbocycles. The maximum Gasteiger partial charge on any atom is 0.153 e. The fraction of sp³-hybridized carbons (Fsp3) is 0.286. The normalized spacial score (nSPS) is 11.6. The number of hydrogen-bond donors (Lipinski definition) is 1. The van der Waals surface area contributed by atoms with Crippen LogP contribution in [0.15, 0.2) is 36.4 Å². The lowest BCUT2D eigenvalue weighted by atomic mass is 10.1. The molecule has 2 rings (SSSR count). The molecule has 2 aromatic rings. The van der Waals surface area contributed by atoms with Crippen molar-refractivity contribution < 1.29 is 18.3 Å². The third-order valence-electron chi connectivity index (χ3n) is 2.90. The molecule has 0 aliphatic carbocycles. The summed E-state index contributed by atoms with van der Waals surface area (Å²) in [7, 11) is -3.00. The van der Waals surface area contributed by atoms with Crippen LogP contribution in [0, 0.1) is 0 Å². The van der Waals surface area contributed by atoms with Gasteiger partial charge in [-0.1, -0.05) is 19.1 Å². The second-order valence-electron chi connectivity index (χ2n) is 4.28. The van der Waals surface area contributed by atoms with Gasteiger partial charge in [0.2, 0.25) is 0 Å². The van der Waals surface area contributed by atoms with E-state index in [4.69, 9.17) is 4.74 Å². The predicted molar refractivity (Wildman–Crippen MR) is 75.4 cm³/mol. The zero-order valence-corrected chi connectivity index (χ0v) is 11.5. The molecule has 0 unspecified atom stereocenters. The van der Waals surface area contributed by atoms with Crippen LogP contribution in [0.5, 0.6) is 11.5 Å². The van der Waals surface area contributed by atoms with Gasteiger partial charge < -0.3 is 9.84 Å². The van der Waals surface area contributed by atoms with Crippen molar-refractivity contribution in [1.82, 2.24) is 0 Å². The summed E-state index contributed by atoms with van der Waals surface area (Å²) in [6.07, 6.45) is 0. The van der Waals surface area contributed by atoms with Crippen molar-refractivity contribution in [1.29, 1.82) is 0 Å². The van der Waals surface area contributed by atoms with Gasteiger partial charge >= 0.3 is 0 Å². The van der Waals surface area contributed by atoms with Crippen LogP contribution < -0.4 is 4.74 Å². The molecule has 1 N–H and O–H groups in total. The van der Waals surface area contributed by atoms with Crippen LogP contribution in [0.4, 0.5) is 0 Å². The number of ether oxygens (including phenoxy) is 1. The lowest BCUT2D eigenvalue weighted by molar-refractivity contribution is 0.341. The van der Waals surface area contributed by atoms with E-state index in [1.165, 1.54) is 0 Å². The molecular formula is C14H16O4S. The summed E-state index contributed by atoms with van der Waals surface area (Å²) < 4.78 is 28.1. The Hall–Kier alpha value is -1.75. The third kappa shape index (κ3) is 3.61. The molecule has 102 valence electrons. The smallest absolute Gasteiger partial charge is 0.153 e. The molecule has 0 aliphatic heterocycles. The summed E-state index contributed by atoms with van der Waals surface area (Å²) in [4.78, 5) is 0. The molecule has 0 aliphatic rings. The van der Waals surface area contributed by atoms with Crippen molar-refractivity contribution in [2.75, 3.05) is 18.1 Å². The van der Waals surface area contributed by atoms with Gasteiger partial charge in [-0.05, 0) is 35.0 Å². The molecule has 0 atom stereocenters. The summed E-state index contributed by atoms with van der Waals surface area (Å²) in [5, 5.41) is 11.3. The number of rotatable bonds is 5. The van der Waals surface area contributed by atoms with Crippen molar-refractivity contribution >= 4 is 20.6 Å². The van der Waals surface area contributed by atoms with E-state index in [1.54, 1.807) is 31.2 Å². The standard InChI is InChI=1S/C14H16O4S/c1-2-19(16,17)8-7-18-14-6-4-11-3-5-13(15)9-12(11)10-14/h3-6,9-10,15H,2,7-8H2,1H3. The molecule has 0 bridgehead atoms. The van der Waals surface area contributed by atoms with Gasteiger partial charge in [-0.25, -0.2) is 8.42 Å². The highest BCUT2D eigenvalue weighted by atomic mass is 32.2. The molecule has 0 radical (unpaired) electrons. The fourth-order valence-electron chi connectivity index (χ4n) is 1.73. The highest BCUT2D eigenvalue weighted by Crippen LogP contribution is 2.24. The first-order valence-electron chi connectivity index (χ1n) is 6.06. The van der Waals surface area contributed by atoms with Crippen molar-refractivity contribution in [3.05, 3.63) is 36.4 Å². The quantitative estimate of drug-likeness (QED) is 0.913. The second-order valence-corrected chi connectivity index (χ2v) is 6.75. The maximum absolute atomic E-state index is 11.3. The van der Waals surface area contributed by atoms with Crippen LogP contribution in [0.2, 0.25) is 0 Å². The van der Waals surface area contributed by atoms with E-state index in [-0.39, 0.29) is 23.9 Å². The van der Waals surface area contributed by atoms with Gasteiger partial charge in [0, 0.05) is 5.75 Å². The van der Waals surface area contributed by atoms with Gasteiger partial charge in [0.1, 0.15) is 18.1 Å². The molecule has 0 spiro atoms. The Morgan fingerprint density at radius 3 is 2.58 bits per heavy atom. The van der Waals surface area contributed by atoms with E-state index in [1.807, 2.05) is 12.1 Å². The van der Waals surface area contributed by atoms with Crippen LogP contribution in [-0.4, -0.2) is 31.6 Å². The molecule has 0 fully saturated rings. The minimum absolute atomic E-state index is 0.0155. The SMILES string of the molecule is CCS(=O)(=O)CCOc1ccc2ccc(O)cc2c1. The molecule has 5 heteroatoms. The monoisotopic (exact) mass is 280 g/mol. The second kappa shape index (κ2) is 5.48. The summed E-state index contributed by atoms with van der Waals surface area (Å²) in [5.74, 6) is 0.936. The summed E-state index contributed by atoms with van der Waals surface area (Å²) in [6, 6.07) is 10.5. The van der Waals surface area contributed by atoms with E-state index in [0.29, 0.717) is 5.75 Å². The summed E-state index contributed by atoms with van der Waals surface area (Å²) >= 11 is 0. The Morgan fingerprint density at radius 1 is 1.11 bits per heavy atom. The van der Waals surface area contributed by atoms with Crippen LogP contribution >= 0.6 is 0 Å². The van der Waals surface area contributed by atoms with E-state index >= 15 is 0 Å². The third-order valence-corrected chi connectivity index (χ3v) is 4.57. The number of phenols is 1. The Bertz CT molecular complexity index is 677. The fourth-order valence-corrected chi connectivity index (χ4v) is 2.36. The van der Waals surface area contributed by atoms with E-state index < -0.39 is 9.84 Å². The zero-order valence-electron chi connectivity index (χ0n) is 10.7. The maximum atomic E-state index is 11.3. The Balaban J connectivity index is 2.09. The average Bonchev–Trinajstić information content (AvgIpc) is 2.38. The Kier molecular flexibility index (Phi) is 3.95. The lowest BCUT2D eigenvalue weighted by Crippen LogP contribution is -2.15. The van der Waals surface area contributed by atoms with Crippen LogP contribution in [-0.2, 0) is 9.84 Å². The number of benzene rings is 2. The first-order chi connectivity index (χ1) is 9.00. The van der Waals surface area contributed by atoms with Crippen molar-refractivity contribution in [3.63, 3.8) is 0 Å². The van der Waals surface area contributed by atoms with Gasteiger partial charge in [-0.3, -0.25) is 0 Å². The first-order valence-corrected chi connectivity index (χ1v) is 7.88. The molecule has 2 aromatic carbocycles. The molecule has 0 amide bonds. The van der Waals surface area contributed by atoms with Crippen molar-refractivity contribution in [2.24, 2.45) is 0 Å². The molecule has 19 heavy (non-hydrogen) atoms. The number of aromatic hydroxyl groups is 1. The van der Waals surface area contributed by atoms with E-state index in [2.05, 4.69) is 0 Å². The zero-order chi connectivity index (χ0) is 13.9. The van der Waals surface area contributed by atoms with Gasteiger partial charge in [0.05, 0.1) is 5.75 Å². The van der Waals surface area contributed by atoms with Gasteiger partial charge in [0.25, 0.3) is 0 Å². The van der Waals surface area contributed by atoms with E-state index in [9.17, 15) is 13.5 Å². The van der Waals surface area contributed by atoms with Gasteiger partial charge in [-0.15, -0.1) is 0 Å². The number of sulfone groups is 1. The number of hydrogen-bond acceptors (Lipinski definition) is 4. The Morgan fingerprint density at radius 2 is 1.84 bits per heavy atom. The van der Waals surface area contributed by atoms with Gasteiger partial charge in [0.15, 0.2) is 9.84 Å². The number of fused-ring (bicyclic) bond motifs is 1. The minimum atomic E-state index is -3.00. The van der Waals surface area contributed by atoms with Crippen molar-refractivity contribution in [2.45, 2.75) is 6.92 Å². The molecule has 0 heterocycles. The highest BCUT2D eigenvalue weighted by Gasteiger charge is 2.07. The van der Waals surface area contributed by atoms with Crippen LogP contribution in [0.1, 0.15) is 6.92 Å².